The van der Waals surface area contributed by atoms with Crippen molar-refractivity contribution < 1.29 is 9.59 Å². The van der Waals surface area contributed by atoms with Crippen LogP contribution < -0.4 is 15.5 Å². The minimum atomic E-state index is -0.0607. The van der Waals surface area contributed by atoms with Crippen LogP contribution in [0.2, 0.25) is 0 Å². The topological polar surface area (TPSA) is 61.4 Å². The zero-order valence-corrected chi connectivity index (χ0v) is 19.3. The van der Waals surface area contributed by atoms with E-state index < -0.39 is 0 Å². The zero-order valence-electron chi connectivity index (χ0n) is 19.3. The second-order valence-electron chi connectivity index (χ2n) is 8.63. The van der Waals surface area contributed by atoms with Gasteiger partial charge in [0, 0.05) is 36.9 Å². The molecule has 1 saturated heterocycles. The summed E-state index contributed by atoms with van der Waals surface area (Å²) in [7, 11) is 0. The van der Waals surface area contributed by atoms with Crippen molar-refractivity contribution in [2.75, 3.05) is 23.3 Å². The minimum absolute atomic E-state index is 0.0331. The average molecular weight is 416 g/mol. The Balaban J connectivity index is 1.94. The number of carbonyl (C=O) groups excluding carboxylic acids is 2. The summed E-state index contributed by atoms with van der Waals surface area (Å²) in [6.07, 6.45) is 12.1. The van der Waals surface area contributed by atoms with Crippen molar-refractivity contribution in [2.24, 2.45) is 0 Å². The Morgan fingerprint density at radius 1 is 1.00 bits per heavy atom. The largest absolute Gasteiger partial charge is 0.371 e. The molecule has 30 heavy (non-hydrogen) atoms. The van der Waals surface area contributed by atoms with Crippen LogP contribution in [0.5, 0.6) is 0 Å². The van der Waals surface area contributed by atoms with Gasteiger partial charge in [-0.25, -0.2) is 0 Å². The lowest BCUT2D eigenvalue weighted by atomic mass is 10.1. The maximum Gasteiger partial charge on any atom is 0.253 e. The summed E-state index contributed by atoms with van der Waals surface area (Å²) in [6, 6.07) is 5.88. The molecule has 2 N–H and O–H groups in total. The van der Waals surface area contributed by atoms with Crippen LogP contribution in [0.3, 0.4) is 0 Å². The van der Waals surface area contributed by atoms with Gasteiger partial charge in [0.05, 0.1) is 5.56 Å². The van der Waals surface area contributed by atoms with E-state index in [0.29, 0.717) is 17.7 Å². The highest BCUT2D eigenvalue weighted by Crippen LogP contribution is 2.28. The van der Waals surface area contributed by atoms with E-state index in [-0.39, 0.29) is 17.9 Å². The highest BCUT2D eigenvalue weighted by Gasteiger charge is 2.21. The molecule has 2 rings (SSSR count). The maximum atomic E-state index is 12.9. The number of rotatable bonds is 13. The van der Waals surface area contributed by atoms with Crippen LogP contribution in [0.1, 0.15) is 102 Å². The summed E-state index contributed by atoms with van der Waals surface area (Å²) in [5.41, 5.74) is 2.34. The number of nitrogens with zero attached hydrogens (tertiary/aromatic N) is 1. The molecule has 1 fully saturated rings. The fourth-order valence-electron chi connectivity index (χ4n) is 3.90. The number of anilines is 2. The Kier molecular flexibility index (Phi) is 10.7. The Morgan fingerprint density at radius 3 is 2.33 bits per heavy atom. The summed E-state index contributed by atoms with van der Waals surface area (Å²) in [5.74, 6) is -0.0276. The molecule has 0 radical (unpaired) electrons. The zero-order chi connectivity index (χ0) is 21.8. The molecule has 1 heterocycles. The van der Waals surface area contributed by atoms with Gasteiger partial charge in [0.25, 0.3) is 5.91 Å². The van der Waals surface area contributed by atoms with Crippen molar-refractivity contribution in [3.05, 3.63) is 23.8 Å². The van der Waals surface area contributed by atoms with Gasteiger partial charge in [-0.1, -0.05) is 52.4 Å². The lowest BCUT2D eigenvalue weighted by Gasteiger charge is -2.23. The van der Waals surface area contributed by atoms with E-state index >= 15 is 0 Å². The normalized spacial score (nSPS) is 14.6. The number of hydrogen-bond acceptors (Lipinski definition) is 3. The molecule has 0 saturated carbocycles. The first-order valence-corrected chi connectivity index (χ1v) is 12.0. The van der Waals surface area contributed by atoms with Gasteiger partial charge >= 0.3 is 0 Å². The summed E-state index contributed by atoms with van der Waals surface area (Å²) >= 11 is 0. The Labute approximate surface area is 183 Å². The molecule has 2 amide bonds. The quantitative estimate of drug-likeness (QED) is 0.395. The number of nitrogens with one attached hydrogen (secondary N) is 2. The molecule has 1 aromatic rings. The van der Waals surface area contributed by atoms with Gasteiger partial charge in [-0.05, 0) is 50.8 Å². The minimum Gasteiger partial charge on any atom is -0.371 e. The third-order valence-electron chi connectivity index (χ3n) is 5.97. The van der Waals surface area contributed by atoms with E-state index in [2.05, 4.69) is 29.4 Å². The Hall–Kier alpha value is -2.04. The second kappa shape index (κ2) is 13.3. The summed E-state index contributed by atoms with van der Waals surface area (Å²) < 4.78 is 0. The van der Waals surface area contributed by atoms with Gasteiger partial charge in [-0.3, -0.25) is 9.59 Å². The van der Waals surface area contributed by atoms with Crippen molar-refractivity contribution in [3.8, 4) is 0 Å². The predicted octanol–water partition coefficient (Wildman–Crippen LogP) is 5.89. The standard InChI is InChI=1S/C25H41N3O2/c1-4-6-7-8-9-10-11-14-24(29)27-21-15-16-23(28-17-12-13-18-28)22(19-21)25(30)26-20(3)5-2/h15-16,19-20H,4-14,17-18H2,1-3H3,(H,26,30)(H,27,29). The van der Waals surface area contributed by atoms with Crippen LogP contribution >= 0.6 is 0 Å². The van der Waals surface area contributed by atoms with Gasteiger partial charge in [-0.15, -0.1) is 0 Å². The maximum absolute atomic E-state index is 12.9. The SMILES string of the molecule is CCCCCCCCCC(=O)Nc1ccc(N2CCCC2)c(C(=O)NC(C)CC)c1. The monoisotopic (exact) mass is 415 g/mol. The number of amides is 2. The van der Waals surface area contributed by atoms with E-state index in [9.17, 15) is 9.59 Å². The van der Waals surface area contributed by atoms with Gasteiger partial charge in [0.2, 0.25) is 5.91 Å². The Morgan fingerprint density at radius 2 is 1.67 bits per heavy atom. The molecular weight excluding hydrogens is 374 g/mol. The lowest BCUT2D eigenvalue weighted by molar-refractivity contribution is -0.116. The molecule has 1 aliphatic heterocycles. The number of unbranched alkanes of at least 4 members (excludes halogenated alkanes) is 6. The molecule has 5 heteroatoms. The second-order valence-corrected chi connectivity index (χ2v) is 8.63. The molecule has 1 atom stereocenters. The smallest absolute Gasteiger partial charge is 0.253 e. The molecular formula is C25H41N3O2. The van der Waals surface area contributed by atoms with Crippen LogP contribution in [-0.2, 0) is 4.79 Å². The van der Waals surface area contributed by atoms with E-state index in [1.165, 1.54) is 32.1 Å². The summed E-state index contributed by atoms with van der Waals surface area (Å²) in [5, 5.41) is 6.07. The molecule has 0 aliphatic carbocycles. The summed E-state index contributed by atoms with van der Waals surface area (Å²) in [6.45, 7) is 8.26. The third-order valence-corrected chi connectivity index (χ3v) is 5.97. The highest BCUT2D eigenvalue weighted by atomic mass is 16.2. The molecule has 0 spiro atoms. The van der Waals surface area contributed by atoms with Gasteiger partial charge in [0.15, 0.2) is 0 Å². The van der Waals surface area contributed by atoms with Gasteiger partial charge in [0.1, 0.15) is 0 Å². The van der Waals surface area contributed by atoms with E-state index in [1.54, 1.807) is 0 Å². The first-order chi connectivity index (χ1) is 14.5. The van der Waals surface area contributed by atoms with E-state index in [4.69, 9.17) is 0 Å². The van der Waals surface area contributed by atoms with Crippen molar-refractivity contribution in [3.63, 3.8) is 0 Å². The molecule has 0 bridgehead atoms. The van der Waals surface area contributed by atoms with Crippen molar-refractivity contribution in [1.82, 2.24) is 5.32 Å². The van der Waals surface area contributed by atoms with Crippen molar-refractivity contribution >= 4 is 23.2 Å². The predicted molar refractivity (Wildman–Crippen MR) is 126 cm³/mol. The number of carbonyl (C=O) groups is 2. The Bertz CT molecular complexity index is 668. The first kappa shape index (κ1) is 24.2. The van der Waals surface area contributed by atoms with Gasteiger partial charge in [-0.2, -0.15) is 0 Å². The van der Waals surface area contributed by atoms with E-state index in [0.717, 1.165) is 50.9 Å². The van der Waals surface area contributed by atoms with Crippen LogP contribution in [0, 0.1) is 0 Å². The number of benzene rings is 1. The lowest BCUT2D eigenvalue weighted by Crippen LogP contribution is -2.33. The molecule has 5 nitrogen and oxygen atoms in total. The van der Waals surface area contributed by atoms with Crippen LogP contribution in [0.15, 0.2) is 18.2 Å². The van der Waals surface area contributed by atoms with Crippen molar-refractivity contribution in [1.29, 1.82) is 0 Å². The van der Waals surface area contributed by atoms with Gasteiger partial charge < -0.3 is 15.5 Å². The average Bonchev–Trinajstić information content (AvgIpc) is 3.27. The fourth-order valence-corrected chi connectivity index (χ4v) is 3.90. The van der Waals surface area contributed by atoms with Crippen LogP contribution in [0.25, 0.3) is 0 Å². The molecule has 168 valence electrons. The third kappa shape index (κ3) is 8.00. The molecule has 1 aromatic carbocycles. The summed E-state index contributed by atoms with van der Waals surface area (Å²) in [4.78, 5) is 27.5. The van der Waals surface area contributed by atoms with Crippen molar-refractivity contribution in [2.45, 2.75) is 97.4 Å². The van der Waals surface area contributed by atoms with E-state index in [1.807, 2.05) is 25.1 Å². The van der Waals surface area contributed by atoms with Crippen LogP contribution in [0.4, 0.5) is 11.4 Å². The number of hydrogen-bond donors (Lipinski definition) is 2. The van der Waals surface area contributed by atoms with Crippen LogP contribution in [-0.4, -0.2) is 30.9 Å². The fraction of sp³-hybridized carbons (Fsp3) is 0.680. The first-order valence-electron chi connectivity index (χ1n) is 12.0. The molecule has 0 aromatic heterocycles. The molecule has 1 aliphatic rings. The highest BCUT2D eigenvalue weighted by molar-refractivity contribution is 6.02. The molecule has 1 unspecified atom stereocenters.